The van der Waals surface area contributed by atoms with Crippen molar-refractivity contribution in [2.45, 2.75) is 6.92 Å². The summed E-state index contributed by atoms with van der Waals surface area (Å²) in [5.41, 5.74) is 7.02. The molecule has 0 aliphatic carbocycles. The summed E-state index contributed by atoms with van der Waals surface area (Å²) in [6.07, 6.45) is 0. The Morgan fingerprint density at radius 2 is 2.06 bits per heavy atom. The third-order valence-electron chi connectivity index (χ3n) is 2.50. The molecule has 3 nitrogen and oxygen atoms in total. The molecular weight excluding hydrogens is 229 g/mol. The third kappa shape index (κ3) is 1.76. The van der Waals surface area contributed by atoms with Gasteiger partial charge in [-0.25, -0.2) is 9.37 Å². The first-order valence-electron chi connectivity index (χ1n) is 4.74. The number of nitrogen functional groups attached to an aromatic ring is 1. The summed E-state index contributed by atoms with van der Waals surface area (Å²) in [6, 6.07) is 4.25. The number of hydrogen-bond acceptors (Lipinski definition) is 2. The van der Waals surface area contributed by atoms with Crippen molar-refractivity contribution in [3.05, 3.63) is 34.9 Å². The standard InChI is InChI=1S/C11H11ClFN3/c1-6-15-10(11(14)16(6)2)7-3-8(12)5-9(13)4-7/h3-5H,14H2,1-2H3. The van der Waals surface area contributed by atoms with Crippen LogP contribution >= 0.6 is 11.6 Å². The molecule has 1 heterocycles. The van der Waals surface area contributed by atoms with E-state index in [1.54, 1.807) is 10.6 Å². The van der Waals surface area contributed by atoms with Crippen molar-refractivity contribution in [3.8, 4) is 11.3 Å². The lowest BCUT2D eigenvalue weighted by Crippen LogP contribution is -1.98. The zero-order chi connectivity index (χ0) is 11.9. The summed E-state index contributed by atoms with van der Waals surface area (Å²) in [4.78, 5) is 4.27. The summed E-state index contributed by atoms with van der Waals surface area (Å²) in [7, 11) is 1.81. The van der Waals surface area contributed by atoms with E-state index in [-0.39, 0.29) is 0 Å². The molecule has 1 aromatic carbocycles. The van der Waals surface area contributed by atoms with Crippen LogP contribution in [0.2, 0.25) is 5.02 Å². The van der Waals surface area contributed by atoms with Crippen LogP contribution in [0.4, 0.5) is 10.2 Å². The van der Waals surface area contributed by atoms with Gasteiger partial charge in [0.05, 0.1) is 0 Å². The van der Waals surface area contributed by atoms with E-state index < -0.39 is 5.82 Å². The highest BCUT2D eigenvalue weighted by Crippen LogP contribution is 2.28. The molecule has 5 heteroatoms. The monoisotopic (exact) mass is 239 g/mol. The van der Waals surface area contributed by atoms with Gasteiger partial charge in [-0.05, 0) is 25.1 Å². The number of hydrogen-bond donors (Lipinski definition) is 1. The number of nitrogens with zero attached hydrogens (tertiary/aromatic N) is 2. The molecule has 0 amide bonds. The Hall–Kier alpha value is -1.55. The van der Waals surface area contributed by atoms with E-state index in [9.17, 15) is 4.39 Å². The largest absolute Gasteiger partial charge is 0.383 e. The maximum absolute atomic E-state index is 13.2. The molecule has 1 aromatic heterocycles. The van der Waals surface area contributed by atoms with Gasteiger partial charge < -0.3 is 10.3 Å². The van der Waals surface area contributed by atoms with Gasteiger partial charge in [-0.3, -0.25) is 0 Å². The van der Waals surface area contributed by atoms with Crippen molar-refractivity contribution in [2.75, 3.05) is 5.73 Å². The first-order chi connectivity index (χ1) is 7.49. The lowest BCUT2D eigenvalue weighted by molar-refractivity contribution is 0.628. The Morgan fingerprint density at radius 1 is 1.38 bits per heavy atom. The number of benzene rings is 1. The maximum atomic E-state index is 13.2. The average Bonchev–Trinajstić information content (AvgIpc) is 2.44. The van der Waals surface area contributed by atoms with Gasteiger partial charge in [-0.15, -0.1) is 0 Å². The second kappa shape index (κ2) is 3.79. The van der Waals surface area contributed by atoms with E-state index in [0.29, 0.717) is 22.1 Å². The van der Waals surface area contributed by atoms with E-state index in [1.807, 2.05) is 14.0 Å². The van der Waals surface area contributed by atoms with E-state index >= 15 is 0 Å². The molecule has 16 heavy (non-hydrogen) atoms. The second-order valence-corrected chi connectivity index (χ2v) is 4.05. The minimum absolute atomic E-state index is 0.331. The van der Waals surface area contributed by atoms with E-state index in [4.69, 9.17) is 17.3 Å². The highest BCUT2D eigenvalue weighted by Gasteiger charge is 2.12. The molecule has 2 aromatic rings. The van der Waals surface area contributed by atoms with Gasteiger partial charge in [0.25, 0.3) is 0 Å². The molecule has 0 bridgehead atoms. The summed E-state index contributed by atoms with van der Waals surface area (Å²) < 4.78 is 14.9. The predicted octanol–water partition coefficient (Wildman–Crippen LogP) is 2.77. The van der Waals surface area contributed by atoms with Crippen LogP contribution in [0.3, 0.4) is 0 Å². The van der Waals surface area contributed by atoms with Crippen LogP contribution < -0.4 is 5.73 Å². The van der Waals surface area contributed by atoms with E-state index in [0.717, 1.165) is 5.82 Å². The Morgan fingerprint density at radius 3 is 2.56 bits per heavy atom. The number of rotatable bonds is 1. The van der Waals surface area contributed by atoms with Gasteiger partial charge in [0.1, 0.15) is 23.2 Å². The van der Waals surface area contributed by atoms with Crippen LogP contribution in [0, 0.1) is 12.7 Å². The summed E-state index contributed by atoms with van der Waals surface area (Å²) in [5, 5.41) is 0.331. The maximum Gasteiger partial charge on any atom is 0.131 e. The van der Waals surface area contributed by atoms with Crippen molar-refractivity contribution in [1.29, 1.82) is 0 Å². The topological polar surface area (TPSA) is 43.8 Å². The lowest BCUT2D eigenvalue weighted by Gasteiger charge is -2.01. The highest BCUT2D eigenvalue weighted by atomic mass is 35.5. The molecule has 0 aliphatic heterocycles. The van der Waals surface area contributed by atoms with E-state index in [1.165, 1.54) is 12.1 Å². The van der Waals surface area contributed by atoms with Crippen LogP contribution in [0.15, 0.2) is 18.2 Å². The van der Waals surface area contributed by atoms with Crippen molar-refractivity contribution >= 4 is 17.4 Å². The molecule has 0 fully saturated rings. The molecule has 0 radical (unpaired) electrons. The Kier molecular flexibility index (Phi) is 2.59. The number of aryl methyl sites for hydroxylation is 1. The van der Waals surface area contributed by atoms with Crippen LogP contribution in [-0.4, -0.2) is 9.55 Å². The summed E-state index contributed by atoms with van der Waals surface area (Å²) in [5.74, 6) is 0.872. The minimum atomic E-state index is -0.398. The normalized spacial score (nSPS) is 10.8. The average molecular weight is 240 g/mol. The van der Waals surface area contributed by atoms with Crippen molar-refractivity contribution < 1.29 is 4.39 Å². The number of anilines is 1. The lowest BCUT2D eigenvalue weighted by atomic mass is 10.1. The Bertz CT molecular complexity index is 528. The number of halogens is 2. The molecule has 2 rings (SSSR count). The first-order valence-corrected chi connectivity index (χ1v) is 5.12. The van der Waals surface area contributed by atoms with Crippen molar-refractivity contribution in [1.82, 2.24) is 9.55 Å². The predicted molar refractivity (Wildman–Crippen MR) is 62.8 cm³/mol. The summed E-state index contributed by atoms with van der Waals surface area (Å²) in [6.45, 7) is 1.83. The van der Waals surface area contributed by atoms with Gasteiger partial charge >= 0.3 is 0 Å². The molecule has 0 spiro atoms. The van der Waals surface area contributed by atoms with Gasteiger partial charge in [-0.2, -0.15) is 0 Å². The fourth-order valence-electron chi connectivity index (χ4n) is 1.53. The smallest absolute Gasteiger partial charge is 0.131 e. The molecule has 84 valence electrons. The van der Waals surface area contributed by atoms with Crippen LogP contribution in [0.25, 0.3) is 11.3 Å². The molecule has 0 saturated heterocycles. The van der Waals surface area contributed by atoms with Gasteiger partial charge in [0, 0.05) is 17.6 Å². The third-order valence-corrected chi connectivity index (χ3v) is 2.72. The molecule has 2 N–H and O–H groups in total. The highest BCUT2D eigenvalue weighted by molar-refractivity contribution is 6.30. The van der Waals surface area contributed by atoms with Crippen molar-refractivity contribution in [2.24, 2.45) is 7.05 Å². The zero-order valence-electron chi connectivity index (χ0n) is 8.96. The first kappa shape index (κ1) is 11.0. The second-order valence-electron chi connectivity index (χ2n) is 3.61. The van der Waals surface area contributed by atoms with Gasteiger partial charge in [-0.1, -0.05) is 11.6 Å². The van der Waals surface area contributed by atoms with Crippen LogP contribution in [-0.2, 0) is 7.05 Å². The minimum Gasteiger partial charge on any atom is -0.383 e. The Balaban J connectivity index is 2.62. The zero-order valence-corrected chi connectivity index (χ0v) is 9.72. The molecular formula is C11H11ClFN3. The fraction of sp³-hybridized carbons (Fsp3) is 0.182. The number of imidazole rings is 1. The van der Waals surface area contributed by atoms with Gasteiger partial charge in [0.2, 0.25) is 0 Å². The quantitative estimate of drug-likeness (QED) is 0.832. The SMILES string of the molecule is Cc1nc(-c2cc(F)cc(Cl)c2)c(N)n1C. The van der Waals surface area contributed by atoms with Crippen LogP contribution in [0.1, 0.15) is 5.82 Å². The number of nitrogens with two attached hydrogens (primary N) is 1. The fourth-order valence-corrected chi connectivity index (χ4v) is 1.75. The van der Waals surface area contributed by atoms with Crippen molar-refractivity contribution in [3.63, 3.8) is 0 Å². The molecule has 0 atom stereocenters. The number of aromatic nitrogens is 2. The Labute approximate surface area is 97.7 Å². The van der Waals surface area contributed by atoms with E-state index in [2.05, 4.69) is 4.98 Å². The molecule has 0 aliphatic rings. The van der Waals surface area contributed by atoms with Gasteiger partial charge in [0.15, 0.2) is 0 Å². The molecule has 0 unspecified atom stereocenters. The van der Waals surface area contributed by atoms with Crippen LogP contribution in [0.5, 0.6) is 0 Å². The summed E-state index contributed by atoms with van der Waals surface area (Å²) >= 11 is 5.78. The molecule has 0 saturated carbocycles.